The summed E-state index contributed by atoms with van der Waals surface area (Å²) in [4.78, 5) is 27.4. The summed E-state index contributed by atoms with van der Waals surface area (Å²) < 4.78 is 0. The van der Waals surface area contributed by atoms with Crippen LogP contribution in [0.25, 0.3) is 11.1 Å². The number of carboxylic acid groups (broad SMARTS) is 1. The molecule has 0 bridgehead atoms. The minimum absolute atomic E-state index is 0.478. The molecule has 154 valence electrons. The lowest BCUT2D eigenvalue weighted by Gasteiger charge is -2.34. The highest BCUT2D eigenvalue weighted by molar-refractivity contribution is 6.36. The zero-order valence-electron chi connectivity index (χ0n) is 15.8. The van der Waals surface area contributed by atoms with E-state index < -0.39 is 6.09 Å². The van der Waals surface area contributed by atoms with Gasteiger partial charge in [-0.1, -0.05) is 23.2 Å². The van der Waals surface area contributed by atoms with Crippen molar-refractivity contribution in [3.8, 4) is 11.1 Å². The molecule has 4 heterocycles. The first kappa shape index (κ1) is 20.2. The highest BCUT2D eigenvalue weighted by Crippen LogP contribution is 2.33. The lowest BCUT2D eigenvalue weighted by molar-refractivity contribution is 0.142. The molecule has 1 aliphatic rings. The van der Waals surface area contributed by atoms with E-state index in [-0.39, 0.29) is 0 Å². The fraction of sp³-hybridized carbons (Fsp3) is 0.200. The average Bonchev–Trinajstić information content (AvgIpc) is 2.75. The van der Waals surface area contributed by atoms with Gasteiger partial charge in [0.15, 0.2) is 0 Å². The number of aromatic nitrogens is 3. The van der Waals surface area contributed by atoms with E-state index in [0.29, 0.717) is 47.9 Å². The lowest BCUT2D eigenvalue weighted by Crippen LogP contribution is -2.48. The van der Waals surface area contributed by atoms with Crippen LogP contribution in [0.3, 0.4) is 0 Å². The molecule has 0 saturated carbocycles. The molecule has 0 radical (unpaired) electrons. The zero-order chi connectivity index (χ0) is 21.1. The predicted octanol–water partition coefficient (Wildman–Crippen LogP) is 4.39. The van der Waals surface area contributed by atoms with Crippen molar-refractivity contribution in [1.82, 2.24) is 19.9 Å². The SMILES string of the molecule is O=C(O)N1CCN(c2ccc(Nc3cc(Cl)c(-c4ccncc4Cl)cn3)nc2)CC1. The number of rotatable bonds is 4. The van der Waals surface area contributed by atoms with Crippen LogP contribution in [0.2, 0.25) is 10.0 Å². The zero-order valence-corrected chi connectivity index (χ0v) is 17.3. The average molecular weight is 445 g/mol. The number of pyridine rings is 3. The highest BCUT2D eigenvalue weighted by Gasteiger charge is 2.20. The second kappa shape index (κ2) is 8.73. The normalized spacial score (nSPS) is 13.9. The molecule has 1 amide bonds. The van der Waals surface area contributed by atoms with Crippen LogP contribution in [0.4, 0.5) is 22.1 Å². The van der Waals surface area contributed by atoms with Crippen LogP contribution in [0.1, 0.15) is 0 Å². The molecule has 0 aromatic carbocycles. The molecule has 0 spiro atoms. The molecule has 1 aliphatic heterocycles. The maximum Gasteiger partial charge on any atom is 0.407 e. The van der Waals surface area contributed by atoms with Crippen LogP contribution in [-0.2, 0) is 0 Å². The molecule has 2 N–H and O–H groups in total. The topological polar surface area (TPSA) is 94.5 Å². The van der Waals surface area contributed by atoms with Crippen molar-refractivity contribution in [1.29, 1.82) is 0 Å². The lowest BCUT2D eigenvalue weighted by atomic mass is 10.1. The summed E-state index contributed by atoms with van der Waals surface area (Å²) in [5.74, 6) is 1.19. The van der Waals surface area contributed by atoms with Gasteiger partial charge in [-0.2, -0.15) is 0 Å². The third-order valence-electron chi connectivity index (χ3n) is 4.84. The van der Waals surface area contributed by atoms with Crippen molar-refractivity contribution in [2.45, 2.75) is 0 Å². The smallest absolute Gasteiger partial charge is 0.407 e. The Balaban J connectivity index is 1.43. The molecule has 1 fully saturated rings. The van der Waals surface area contributed by atoms with E-state index in [1.54, 1.807) is 36.9 Å². The molecule has 0 aliphatic carbocycles. The first-order valence-electron chi connectivity index (χ1n) is 9.22. The minimum Gasteiger partial charge on any atom is -0.465 e. The molecular weight excluding hydrogens is 427 g/mol. The standard InChI is InChI=1S/C20H18Cl2N6O2/c21-16-9-19(25-11-15(16)14-3-4-23-12-17(14)22)26-18-2-1-13(10-24-18)27-5-7-28(8-6-27)20(29)30/h1-4,9-12H,5-8H2,(H,29,30)(H,24,25,26). The number of halogens is 2. The third-order valence-corrected chi connectivity index (χ3v) is 5.45. The summed E-state index contributed by atoms with van der Waals surface area (Å²) in [6, 6.07) is 7.30. The Morgan fingerprint density at radius 3 is 2.33 bits per heavy atom. The first-order chi connectivity index (χ1) is 14.5. The maximum absolute atomic E-state index is 11.0. The fourth-order valence-corrected chi connectivity index (χ4v) is 3.70. The molecule has 3 aromatic heterocycles. The molecule has 10 heteroatoms. The van der Waals surface area contributed by atoms with Crippen LogP contribution in [0.15, 0.2) is 49.1 Å². The van der Waals surface area contributed by atoms with E-state index in [4.69, 9.17) is 28.3 Å². The summed E-state index contributed by atoms with van der Waals surface area (Å²) in [5.41, 5.74) is 2.43. The van der Waals surface area contributed by atoms with Gasteiger partial charge in [0.05, 0.1) is 21.9 Å². The van der Waals surface area contributed by atoms with Crippen molar-refractivity contribution in [2.75, 3.05) is 36.4 Å². The fourth-order valence-electron chi connectivity index (χ4n) is 3.23. The van der Waals surface area contributed by atoms with Gasteiger partial charge in [0.1, 0.15) is 11.6 Å². The Bertz CT molecular complexity index is 1060. The minimum atomic E-state index is -0.879. The second-order valence-electron chi connectivity index (χ2n) is 6.69. The van der Waals surface area contributed by atoms with Gasteiger partial charge in [-0.05, 0) is 18.2 Å². The maximum atomic E-state index is 11.0. The number of hydrogen-bond acceptors (Lipinski definition) is 6. The molecule has 1 saturated heterocycles. The molecule has 0 atom stereocenters. The van der Waals surface area contributed by atoms with E-state index >= 15 is 0 Å². The van der Waals surface area contributed by atoms with Crippen molar-refractivity contribution >= 4 is 46.6 Å². The Morgan fingerprint density at radius 1 is 0.933 bits per heavy atom. The van der Waals surface area contributed by atoms with Gasteiger partial charge in [-0.3, -0.25) is 4.98 Å². The summed E-state index contributed by atoms with van der Waals surface area (Å²) in [5, 5.41) is 13.2. The van der Waals surface area contributed by atoms with Crippen LogP contribution < -0.4 is 10.2 Å². The number of anilines is 3. The van der Waals surface area contributed by atoms with Crippen molar-refractivity contribution in [3.05, 3.63) is 59.1 Å². The van der Waals surface area contributed by atoms with Crippen molar-refractivity contribution < 1.29 is 9.90 Å². The Morgan fingerprint density at radius 2 is 1.70 bits per heavy atom. The summed E-state index contributed by atoms with van der Waals surface area (Å²) >= 11 is 12.6. The van der Waals surface area contributed by atoms with Gasteiger partial charge in [0, 0.05) is 62.0 Å². The molecule has 0 unspecified atom stereocenters. The highest BCUT2D eigenvalue weighted by atomic mass is 35.5. The van der Waals surface area contributed by atoms with Crippen LogP contribution in [0, 0.1) is 0 Å². The van der Waals surface area contributed by atoms with Crippen LogP contribution >= 0.6 is 23.2 Å². The van der Waals surface area contributed by atoms with Gasteiger partial charge in [0.25, 0.3) is 0 Å². The number of nitrogens with one attached hydrogen (secondary N) is 1. The first-order valence-corrected chi connectivity index (χ1v) is 9.98. The molecule has 3 aromatic rings. The number of nitrogens with zero attached hydrogens (tertiary/aromatic N) is 5. The Kier molecular flexibility index (Phi) is 5.87. The van der Waals surface area contributed by atoms with Gasteiger partial charge in [-0.15, -0.1) is 0 Å². The third kappa shape index (κ3) is 4.39. The van der Waals surface area contributed by atoms with E-state index in [1.807, 2.05) is 12.1 Å². The predicted molar refractivity (Wildman–Crippen MR) is 117 cm³/mol. The summed E-state index contributed by atoms with van der Waals surface area (Å²) in [6.45, 7) is 2.23. The van der Waals surface area contributed by atoms with Crippen molar-refractivity contribution in [3.63, 3.8) is 0 Å². The number of carbonyl (C=O) groups is 1. The monoisotopic (exact) mass is 444 g/mol. The Hall–Kier alpha value is -3.10. The summed E-state index contributed by atoms with van der Waals surface area (Å²) in [7, 11) is 0. The summed E-state index contributed by atoms with van der Waals surface area (Å²) in [6.07, 6.45) is 5.74. The number of amides is 1. The number of hydrogen-bond donors (Lipinski definition) is 2. The van der Waals surface area contributed by atoms with Gasteiger partial charge in [-0.25, -0.2) is 14.8 Å². The van der Waals surface area contributed by atoms with E-state index in [2.05, 4.69) is 25.2 Å². The van der Waals surface area contributed by atoms with Crippen LogP contribution in [-0.4, -0.2) is 57.2 Å². The Labute approximate surface area is 183 Å². The van der Waals surface area contributed by atoms with Crippen LogP contribution in [0.5, 0.6) is 0 Å². The molecule has 4 rings (SSSR count). The second-order valence-corrected chi connectivity index (χ2v) is 7.50. The molecule has 30 heavy (non-hydrogen) atoms. The van der Waals surface area contributed by atoms with Gasteiger partial charge in [0.2, 0.25) is 0 Å². The molecule has 8 nitrogen and oxygen atoms in total. The quantitative estimate of drug-likeness (QED) is 0.615. The van der Waals surface area contributed by atoms with Gasteiger partial charge < -0.3 is 20.2 Å². The van der Waals surface area contributed by atoms with E-state index in [1.165, 1.54) is 4.90 Å². The van der Waals surface area contributed by atoms with E-state index in [9.17, 15) is 4.79 Å². The largest absolute Gasteiger partial charge is 0.465 e. The van der Waals surface area contributed by atoms with Gasteiger partial charge >= 0.3 is 6.09 Å². The van der Waals surface area contributed by atoms with Crippen molar-refractivity contribution in [2.24, 2.45) is 0 Å². The van der Waals surface area contributed by atoms with E-state index in [0.717, 1.165) is 16.8 Å². The number of piperazine rings is 1. The molecular formula is C20H18Cl2N6O2.